The lowest BCUT2D eigenvalue weighted by molar-refractivity contribution is -0.131. The lowest BCUT2D eigenvalue weighted by Crippen LogP contribution is -2.29. The van der Waals surface area contributed by atoms with Gasteiger partial charge < -0.3 is 4.90 Å². The lowest BCUT2D eigenvalue weighted by atomic mass is 9.96. The minimum atomic E-state index is -0.504. The molecule has 120 valence electrons. The van der Waals surface area contributed by atoms with Crippen LogP contribution in [0.3, 0.4) is 0 Å². The van der Waals surface area contributed by atoms with Gasteiger partial charge in [0.2, 0.25) is 5.91 Å². The third kappa shape index (κ3) is 4.71. The molecule has 0 radical (unpaired) electrons. The number of amides is 1. The van der Waals surface area contributed by atoms with Crippen LogP contribution in [0.15, 0.2) is 48.7 Å². The number of benzene rings is 1. The van der Waals surface area contributed by atoms with Crippen LogP contribution in [-0.2, 0) is 11.3 Å². The van der Waals surface area contributed by atoms with Crippen LogP contribution < -0.4 is 0 Å². The molecule has 0 spiro atoms. The Hall–Kier alpha value is -2.56. The Morgan fingerprint density at radius 2 is 2.00 bits per heavy atom. The molecule has 1 amide bonds. The van der Waals surface area contributed by atoms with Crippen molar-refractivity contribution in [2.24, 2.45) is 5.92 Å². The fraction of sp³-hybridized carbons (Fsp3) is 0.278. The Bertz CT molecular complexity index is 688. The Morgan fingerprint density at radius 1 is 1.22 bits per heavy atom. The summed E-state index contributed by atoms with van der Waals surface area (Å²) in [5.41, 5.74) is 1.07. The predicted octanol–water partition coefficient (Wildman–Crippen LogP) is 3.09. The molecule has 0 aliphatic carbocycles. The minimum absolute atomic E-state index is 0.0820. The van der Waals surface area contributed by atoms with Crippen LogP contribution in [-0.4, -0.2) is 28.6 Å². The first-order valence-corrected chi connectivity index (χ1v) is 7.41. The summed E-state index contributed by atoms with van der Waals surface area (Å²) >= 11 is 0. The van der Waals surface area contributed by atoms with E-state index in [1.807, 2.05) is 18.2 Å². The van der Waals surface area contributed by atoms with Crippen LogP contribution in [0.5, 0.6) is 0 Å². The normalized spacial score (nSPS) is 11.8. The summed E-state index contributed by atoms with van der Waals surface area (Å²) in [5.74, 6) is -1.34. The van der Waals surface area contributed by atoms with Gasteiger partial charge in [-0.15, -0.1) is 0 Å². The van der Waals surface area contributed by atoms with E-state index in [4.69, 9.17) is 0 Å². The highest BCUT2D eigenvalue weighted by molar-refractivity contribution is 5.99. The van der Waals surface area contributed by atoms with Crippen molar-refractivity contribution < 1.29 is 14.0 Å². The maximum absolute atomic E-state index is 13.2. The van der Waals surface area contributed by atoms with E-state index in [1.54, 1.807) is 26.2 Å². The smallest absolute Gasteiger partial charge is 0.223 e. The van der Waals surface area contributed by atoms with Crippen molar-refractivity contribution in [2.75, 3.05) is 7.05 Å². The van der Waals surface area contributed by atoms with Crippen molar-refractivity contribution in [2.45, 2.75) is 19.9 Å². The van der Waals surface area contributed by atoms with Crippen LogP contribution in [0, 0.1) is 11.7 Å². The molecule has 0 aliphatic heterocycles. The van der Waals surface area contributed by atoms with Crippen molar-refractivity contribution in [1.29, 1.82) is 0 Å². The van der Waals surface area contributed by atoms with E-state index < -0.39 is 11.7 Å². The summed E-state index contributed by atoms with van der Waals surface area (Å²) in [5, 5.41) is 0. The van der Waals surface area contributed by atoms with E-state index >= 15 is 0 Å². The van der Waals surface area contributed by atoms with E-state index in [2.05, 4.69) is 4.98 Å². The number of Topliss-reactive ketones (excluding diaryl/α,β-unsaturated/α-hetero) is 1. The van der Waals surface area contributed by atoms with Gasteiger partial charge in [-0.3, -0.25) is 14.6 Å². The zero-order chi connectivity index (χ0) is 16.8. The number of carbonyl (C=O) groups excluding carboxylic acids is 2. The van der Waals surface area contributed by atoms with E-state index in [-0.39, 0.29) is 23.7 Å². The first-order chi connectivity index (χ1) is 11.0. The third-order valence-electron chi connectivity index (χ3n) is 3.59. The second kappa shape index (κ2) is 7.63. The molecule has 4 nitrogen and oxygen atoms in total. The van der Waals surface area contributed by atoms with Crippen LogP contribution in [0.25, 0.3) is 0 Å². The van der Waals surface area contributed by atoms with E-state index in [0.717, 1.165) is 5.69 Å². The molecule has 0 aliphatic rings. The maximum atomic E-state index is 13.2. The molecule has 0 saturated carbocycles. The molecule has 0 saturated heterocycles. The highest BCUT2D eigenvalue weighted by atomic mass is 19.1. The summed E-state index contributed by atoms with van der Waals surface area (Å²) in [6.45, 7) is 2.07. The van der Waals surface area contributed by atoms with Crippen LogP contribution in [0.2, 0.25) is 0 Å². The van der Waals surface area contributed by atoms with Crippen LogP contribution >= 0.6 is 0 Å². The molecule has 1 aromatic carbocycles. The Balaban J connectivity index is 1.95. The first-order valence-electron chi connectivity index (χ1n) is 7.41. The second-order valence-electron chi connectivity index (χ2n) is 5.55. The van der Waals surface area contributed by atoms with Crippen LogP contribution in [0.1, 0.15) is 29.4 Å². The second-order valence-corrected chi connectivity index (χ2v) is 5.55. The van der Waals surface area contributed by atoms with Gasteiger partial charge in [0, 0.05) is 31.1 Å². The topological polar surface area (TPSA) is 50.3 Å². The number of ketones is 1. The van der Waals surface area contributed by atoms with E-state index in [0.29, 0.717) is 6.54 Å². The minimum Gasteiger partial charge on any atom is -0.340 e. The van der Waals surface area contributed by atoms with Gasteiger partial charge in [-0.1, -0.05) is 25.1 Å². The molecule has 5 heteroatoms. The molecule has 0 unspecified atom stereocenters. The van der Waals surface area contributed by atoms with Gasteiger partial charge in [-0.05, 0) is 24.3 Å². The first kappa shape index (κ1) is 16.8. The van der Waals surface area contributed by atoms with Crippen molar-refractivity contribution in [3.05, 3.63) is 65.7 Å². The molecular formula is C18H19FN2O2. The number of hydrogen-bond acceptors (Lipinski definition) is 3. The number of hydrogen-bond donors (Lipinski definition) is 0. The quantitative estimate of drug-likeness (QED) is 0.770. The number of halogens is 1. The number of rotatable bonds is 6. The van der Waals surface area contributed by atoms with Gasteiger partial charge in [0.05, 0.1) is 12.2 Å². The number of carbonyl (C=O) groups is 2. The van der Waals surface area contributed by atoms with Crippen molar-refractivity contribution in [3.8, 4) is 0 Å². The van der Waals surface area contributed by atoms with Crippen molar-refractivity contribution in [1.82, 2.24) is 9.88 Å². The lowest BCUT2D eigenvalue weighted by Gasteiger charge is -2.19. The van der Waals surface area contributed by atoms with Gasteiger partial charge in [0.25, 0.3) is 0 Å². The molecule has 0 bridgehead atoms. The fourth-order valence-electron chi connectivity index (χ4n) is 2.26. The number of aromatic nitrogens is 1. The zero-order valence-electron chi connectivity index (χ0n) is 13.2. The molecule has 1 aromatic heterocycles. The van der Waals surface area contributed by atoms with Crippen LogP contribution in [0.4, 0.5) is 4.39 Å². The molecule has 2 aromatic rings. The Kier molecular flexibility index (Phi) is 5.57. The summed E-state index contributed by atoms with van der Waals surface area (Å²) < 4.78 is 13.2. The van der Waals surface area contributed by atoms with Crippen molar-refractivity contribution >= 4 is 11.7 Å². The Morgan fingerprint density at radius 3 is 2.65 bits per heavy atom. The van der Waals surface area contributed by atoms with Gasteiger partial charge in [0.1, 0.15) is 5.82 Å². The number of pyridine rings is 1. The standard InChI is InChI=1S/C18H19FN2O2/c1-13(18(23)14-6-5-7-15(19)11-14)10-17(22)21(2)12-16-8-3-4-9-20-16/h3-9,11,13H,10,12H2,1-2H3/t13-/m0/s1. The zero-order valence-corrected chi connectivity index (χ0v) is 13.2. The van der Waals surface area contributed by atoms with Gasteiger partial charge in [-0.2, -0.15) is 0 Å². The van der Waals surface area contributed by atoms with Crippen molar-refractivity contribution in [3.63, 3.8) is 0 Å². The van der Waals surface area contributed by atoms with Gasteiger partial charge in [-0.25, -0.2) is 4.39 Å². The van der Waals surface area contributed by atoms with Gasteiger partial charge in [0.15, 0.2) is 5.78 Å². The molecule has 0 fully saturated rings. The molecule has 0 N–H and O–H groups in total. The molecule has 1 heterocycles. The van der Waals surface area contributed by atoms with Gasteiger partial charge >= 0.3 is 0 Å². The average molecular weight is 314 g/mol. The monoisotopic (exact) mass is 314 g/mol. The number of nitrogens with zero attached hydrogens (tertiary/aromatic N) is 2. The molecular weight excluding hydrogens is 295 g/mol. The summed E-state index contributed by atoms with van der Waals surface area (Å²) in [6.07, 6.45) is 1.75. The van der Waals surface area contributed by atoms with E-state index in [9.17, 15) is 14.0 Å². The largest absolute Gasteiger partial charge is 0.340 e. The third-order valence-corrected chi connectivity index (χ3v) is 3.59. The molecule has 1 atom stereocenters. The summed E-state index contributed by atoms with van der Waals surface area (Å²) in [7, 11) is 1.68. The SMILES string of the molecule is C[C@@H](CC(=O)N(C)Cc1ccccn1)C(=O)c1cccc(F)c1. The predicted molar refractivity (Wildman–Crippen MR) is 85.2 cm³/mol. The summed E-state index contributed by atoms with van der Waals surface area (Å²) in [4.78, 5) is 30.2. The average Bonchev–Trinajstić information content (AvgIpc) is 2.54. The summed E-state index contributed by atoms with van der Waals surface area (Å²) in [6, 6.07) is 11.0. The molecule has 23 heavy (non-hydrogen) atoms. The Labute approximate surface area is 135 Å². The highest BCUT2D eigenvalue weighted by Gasteiger charge is 2.21. The fourth-order valence-corrected chi connectivity index (χ4v) is 2.26. The highest BCUT2D eigenvalue weighted by Crippen LogP contribution is 2.15. The maximum Gasteiger partial charge on any atom is 0.223 e. The van der Waals surface area contributed by atoms with E-state index in [1.165, 1.54) is 23.1 Å². The molecule has 2 rings (SSSR count).